The number of esters is 1. The summed E-state index contributed by atoms with van der Waals surface area (Å²) >= 11 is 0. The first-order valence-corrected chi connectivity index (χ1v) is 15.5. The number of hydrogen-bond donors (Lipinski definition) is 6. The molecule has 248 valence electrons. The molecule has 0 amide bonds. The molecule has 1 aliphatic heterocycles. The number of benzene rings is 1. The third kappa shape index (κ3) is 9.00. The van der Waals surface area contributed by atoms with Crippen LogP contribution in [0.3, 0.4) is 0 Å². The van der Waals surface area contributed by atoms with Gasteiger partial charge in [-0.25, -0.2) is 31.9 Å². The van der Waals surface area contributed by atoms with E-state index in [2.05, 4.69) is 9.97 Å². The van der Waals surface area contributed by atoms with Crippen LogP contribution in [-0.2, 0) is 29.1 Å². The first-order chi connectivity index (χ1) is 20.9. The van der Waals surface area contributed by atoms with Gasteiger partial charge in [-0.3, -0.25) is 4.79 Å². The predicted octanol–water partition coefficient (Wildman–Crippen LogP) is -0.247. The van der Waals surface area contributed by atoms with E-state index in [1.165, 1.54) is 43.5 Å². The Labute approximate surface area is 258 Å². The molecule has 1 aromatic carbocycles. The molecule has 0 spiro atoms. The van der Waals surface area contributed by atoms with E-state index in [-0.39, 0.29) is 17.6 Å². The zero-order valence-electron chi connectivity index (χ0n) is 24.8. The van der Waals surface area contributed by atoms with Gasteiger partial charge in [0.05, 0.1) is 36.3 Å². The number of aliphatic carboxylic acids is 1. The number of nitrogens with zero attached hydrogens (tertiary/aromatic N) is 3. The Morgan fingerprint density at radius 2 is 1.71 bits per heavy atom. The van der Waals surface area contributed by atoms with Crippen LogP contribution in [0.1, 0.15) is 43.9 Å². The predicted molar refractivity (Wildman–Crippen MR) is 155 cm³/mol. The minimum absolute atomic E-state index is 0.129. The van der Waals surface area contributed by atoms with E-state index in [1.807, 2.05) is 0 Å². The van der Waals surface area contributed by atoms with Crippen LogP contribution in [0.4, 0.5) is 10.3 Å². The number of carboxylic acids is 1. The van der Waals surface area contributed by atoms with Gasteiger partial charge in [-0.1, -0.05) is 26.0 Å². The highest BCUT2D eigenvalue weighted by atomic mass is 32.2. The summed E-state index contributed by atoms with van der Waals surface area (Å²) in [5.41, 5.74) is 1.45. The minimum Gasteiger partial charge on any atom is -0.479 e. The van der Waals surface area contributed by atoms with Crippen molar-refractivity contribution in [2.24, 2.45) is 0 Å². The third-order valence-electron chi connectivity index (χ3n) is 6.87. The van der Waals surface area contributed by atoms with Crippen molar-refractivity contribution in [3.8, 4) is 11.3 Å². The molecule has 1 fully saturated rings. The standard InChI is InChI=1S/C28H36FN3O12S/c1-13(2)20-18(21(14-5-7-15(29)8-6-14)31-28(30-20)32(3)45(4,41)42)10-9-16(33)11-17(34)12-19(35)43-27-24(38)22(36)23(37)25(44-27)26(39)40/h5-10,13,16-17,22-25,27,33-34,36-38H,11-12H2,1-4H3,(H,39,40)/b10-9+/t16-,17-,22+,23+,24+,25+,27+/m1/s1. The molecule has 15 nitrogen and oxygen atoms in total. The molecule has 0 unspecified atom stereocenters. The van der Waals surface area contributed by atoms with Crippen LogP contribution in [0.25, 0.3) is 17.3 Å². The number of carboxylic acid groups (broad SMARTS) is 1. The zero-order valence-corrected chi connectivity index (χ0v) is 25.6. The van der Waals surface area contributed by atoms with E-state index in [0.29, 0.717) is 16.8 Å². The maximum atomic E-state index is 13.7. The van der Waals surface area contributed by atoms with Crippen LogP contribution in [0.5, 0.6) is 0 Å². The molecule has 2 aromatic rings. The Kier molecular flexibility index (Phi) is 11.7. The van der Waals surface area contributed by atoms with E-state index in [9.17, 15) is 47.9 Å². The molecule has 1 aliphatic rings. The number of aliphatic hydroxyl groups excluding tert-OH is 5. The number of hydrogen-bond acceptors (Lipinski definition) is 13. The van der Waals surface area contributed by atoms with E-state index < -0.39 is 83.5 Å². The third-order valence-corrected chi connectivity index (χ3v) is 8.03. The summed E-state index contributed by atoms with van der Waals surface area (Å²) in [6, 6.07) is 5.29. The smallest absolute Gasteiger partial charge is 0.335 e. The van der Waals surface area contributed by atoms with E-state index in [1.54, 1.807) is 13.8 Å². The molecule has 2 heterocycles. The van der Waals surface area contributed by atoms with Crippen molar-refractivity contribution < 1.29 is 62.5 Å². The average Bonchev–Trinajstić information content (AvgIpc) is 2.95. The highest BCUT2D eigenvalue weighted by Gasteiger charge is 2.48. The summed E-state index contributed by atoms with van der Waals surface area (Å²) < 4.78 is 48.7. The largest absolute Gasteiger partial charge is 0.479 e. The number of carbonyl (C=O) groups is 2. The van der Waals surface area contributed by atoms with Crippen LogP contribution in [0.15, 0.2) is 30.3 Å². The molecule has 1 aromatic heterocycles. The second-order valence-electron chi connectivity index (χ2n) is 10.8. The summed E-state index contributed by atoms with van der Waals surface area (Å²) in [7, 11) is -2.45. The van der Waals surface area contributed by atoms with E-state index in [4.69, 9.17) is 14.6 Å². The molecule has 3 rings (SSSR count). The lowest BCUT2D eigenvalue weighted by atomic mass is 9.97. The number of sulfonamides is 1. The van der Waals surface area contributed by atoms with Gasteiger partial charge in [0.2, 0.25) is 22.3 Å². The Morgan fingerprint density at radius 3 is 2.27 bits per heavy atom. The van der Waals surface area contributed by atoms with Crippen LogP contribution < -0.4 is 4.31 Å². The number of aromatic nitrogens is 2. The molecule has 0 radical (unpaired) electrons. The van der Waals surface area contributed by atoms with Crippen molar-refractivity contribution >= 4 is 34.0 Å². The summed E-state index contributed by atoms with van der Waals surface area (Å²) in [5.74, 6) is -3.74. The molecular weight excluding hydrogens is 621 g/mol. The van der Waals surface area contributed by atoms with Crippen molar-refractivity contribution in [1.82, 2.24) is 9.97 Å². The fourth-order valence-electron chi connectivity index (χ4n) is 4.36. The van der Waals surface area contributed by atoms with Crippen molar-refractivity contribution in [3.63, 3.8) is 0 Å². The Balaban J connectivity index is 1.80. The number of aliphatic hydroxyl groups is 5. The Bertz CT molecular complexity index is 1500. The molecular formula is C28H36FN3O12S. The van der Waals surface area contributed by atoms with E-state index in [0.717, 1.165) is 10.6 Å². The van der Waals surface area contributed by atoms with Gasteiger partial charge in [0.15, 0.2) is 6.10 Å². The second kappa shape index (κ2) is 14.7. The van der Waals surface area contributed by atoms with Gasteiger partial charge >= 0.3 is 11.9 Å². The average molecular weight is 658 g/mol. The fourth-order valence-corrected chi connectivity index (χ4v) is 4.74. The molecule has 17 heteroatoms. The monoisotopic (exact) mass is 657 g/mol. The van der Waals surface area contributed by atoms with Crippen LogP contribution in [-0.4, -0.2) is 117 Å². The normalized spacial score (nSPS) is 23.6. The van der Waals surface area contributed by atoms with Gasteiger partial charge in [-0.05, 0) is 30.2 Å². The van der Waals surface area contributed by atoms with Gasteiger partial charge in [-0.15, -0.1) is 0 Å². The number of rotatable bonds is 12. The SMILES string of the molecule is CC(C)c1nc(N(C)S(C)(=O)=O)nc(-c2ccc(F)cc2)c1/C=C/[C@@H](O)C[C@@H](O)CC(=O)O[C@H]1O[C@H](C(=O)O)[C@@H](O)[C@H](O)[C@@H]1O. The Morgan fingerprint density at radius 1 is 1.09 bits per heavy atom. The lowest BCUT2D eigenvalue weighted by Crippen LogP contribution is -2.60. The van der Waals surface area contributed by atoms with Gasteiger partial charge in [0.25, 0.3) is 0 Å². The van der Waals surface area contributed by atoms with Crippen LogP contribution in [0, 0.1) is 5.82 Å². The summed E-state index contributed by atoms with van der Waals surface area (Å²) in [6.45, 7) is 3.60. The van der Waals surface area contributed by atoms with Crippen molar-refractivity contribution in [2.75, 3.05) is 17.6 Å². The van der Waals surface area contributed by atoms with Crippen molar-refractivity contribution in [2.45, 2.75) is 75.5 Å². The van der Waals surface area contributed by atoms with Gasteiger partial charge in [-0.2, -0.15) is 0 Å². The molecule has 1 saturated heterocycles. The van der Waals surface area contributed by atoms with Crippen LogP contribution >= 0.6 is 0 Å². The first kappa shape index (κ1) is 35.9. The maximum absolute atomic E-state index is 13.7. The van der Waals surface area contributed by atoms with Gasteiger partial charge in [0, 0.05) is 24.6 Å². The molecule has 45 heavy (non-hydrogen) atoms. The fraction of sp³-hybridized carbons (Fsp3) is 0.500. The summed E-state index contributed by atoms with van der Waals surface area (Å²) in [4.78, 5) is 32.4. The summed E-state index contributed by atoms with van der Waals surface area (Å²) in [6.07, 6.45) is -10.1. The van der Waals surface area contributed by atoms with E-state index >= 15 is 0 Å². The minimum atomic E-state index is -3.74. The number of halogens is 1. The zero-order chi connectivity index (χ0) is 33.8. The topological polar surface area (TPSA) is 237 Å². The maximum Gasteiger partial charge on any atom is 0.335 e. The number of ether oxygens (including phenoxy) is 2. The van der Waals surface area contributed by atoms with Crippen molar-refractivity contribution in [3.05, 3.63) is 47.4 Å². The quantitative estimate of drug-likeness (QED) is 0.162. The highest BCUT2D eigenvalue weighted by Crippen LogP contribution is 2.32. The lowest BCUT2D eigenvalue weighted by Gasteiger charge is -2.38. The number of carbonyl (C=O) groups excluding carboxylic acids is 1. The van der Waals surface area contributed by atoms with Gasteiger partial charge < -0.3 is 40.1 Å². The molecule has 6 N–H and O–H groups in total. The Hall–Kier alpha value is -3.58. The van der Waals surface area contributed by atoms with Gasteiger partial charge in [0.1, 0.15) is 24.1 Å². The molecule has 0 saturated carbocycles. The van der Waals surface area contributed by atoms with Crippen molar-refractivity contribution in [1.29, 1.82) is 0 Å². The lowest BCUT2D eigenvalue weighted by molar-refractivity contribution is -0.286. The first-order valence-electron chi connectivity index (χ1n) is 13.7. The second-order valence-corrected chi connectivity index (χ2v) is 12.8. The highest BCUT2D eigenvalue weighted by molar-refractivity contribution is 7.92. The molecule has 0 aliphatic carbocycles. The molecule has 7 atom stereocenters. The number of anilines is 1. The summed E-state index contributed by atoms with van der Waals surface area (Å²) in [5, 5.41) is 59.7. The molecule has 0 bridgehead atoms. The van der Waals surface area contributed by atoms with Crippen LogP contribution in [0.2, 0.25) is 0 Å².